The van der Waals surface area contributed by atoms with E-state index in [1.165, 1.54) is 6.42 Å². The van der Waals surface area contributed by atoms with Gasteiger partial charge in [0.1, 0.15) is 12.4 Å². The topological polar surface area (TPSA) is 43.0 Å². The van der Waals surface area contributed by atoms with Crippen LogP contribution in [0.15, 0.2) is 18.2 Å². The largest absolute Gasteiger partial charge is 0.492 e. The summed E-state index contributed by atoms with van der Waals surface area (Å²) in [6.45, 7) is 6.43. The van der Waals surface area contributed by atoms with Crippen molar-refractivity contribution in [1.29, 1.82) is 0 Å². The van der Waals surface area contributed by atoms with Crippen molar-refractivity contribution in [3.63, 3.8) is 0 Å². The first-order chi connectivity index (χ1) is 9.42. The van der Waals surface area contributed by atoms with Gasteiger partial charge in [-0.05, 0) is 31.6 Å². The first-order valence-corrected chi connectivity index (χ1v) is 6.87. The Morgan fingerprint density at radius 1 is 1.16 bits per heavy atom. The minimum absolute atomic E-state index is 0.305. The summed E-state index contributed by atoms with van der Waals surface area (Å²) < 4.78 is 16.4. The Hall–Kier alpha value is -1.46. The number of nitrogens with zero attached hydrogens (tertiary/aromatic N) is 1. The number of fused-ring (bicyclic) bond motifs is 1. The highest BCUT2D eigenvalue weighted by molar-refractivity contribution is 5.46. The maximum absolute atomic E-state index is 5.78. The van der Waals surface area contributed by atoms with Crippen molar-refractivity contribution in [1.82, 2.24) is 10.2 Å². The molecule has 0 aliphatic carbocycles. The van der Waals surface area contributed by atoms with Crippen LogP contribution in [0.2, 0.25) is 0 Å². The van der Waals surface area contributed by atoms with Crippen LogP contribution in [0.25, 0.3) is 0 Å². The summed E-state index contributed by atoms with van der Waals surface area (Å²) in [6.07, 6.45) is 1.21. The molecule has 5 nitrogen and oxygen atoms in total. The maximum Gasteiger partial charge on any atom is 0.231 e. The molecule has 2 heterocycles. The van der Waals surface area contributed by atoms with E-state index in [4.69, 9.17) is 14.2 Å². The van der Waals surface area contributed by atoms with E-state index in [9.17, 15) is 0 Å². The van der Waals surface area contributed by atoms with Crippen molar-refractivity contribution in [3.8, 4) is 17.2 Å². The molecule has 1 aromatic carbocycles. The molecule has 0 amide bonds. The molecule has 1 N–H and O–H groups in total. The Kier molecular flexibility index (Phi) is 4.05. The first-order valence-electron chi connectivity index (χ1n) is 6.87. The monoisotopic (exact) mass is 264 g/mol. The van der Waals surface area contributed by atoms with Gasteiger partial charge in [0, 0.05) is 25.7 Å². The van der Waals surface area contributed by atoms with Crippen molar-refractivity contribution in [3.05, 3.63) is 18.2 Å². The Bertz CT molecular complexity index is 417. The molecule has 0 aromatic heterocycles. The van der Waals surface area contributed by atoms with E-state index in [1.807, 2.05) is 18.2 Å². The Morgan fingerprint density at radius 2 is 2.11 bits per heavy atom. The lowest BCUT2D eigenvalue weighted by molar-refractivity contribution is 0.173. The number of hydrogen-bond donors (Lipinski definition) is 1. The van der Waals surface area contributed by atoms with Crippen LogP contribution in [0.3, 0.4) is 0 Å². The van der Waals surface area contributed by atoms with E-state index in [-0.39, 0.29) is 0 Å². The third-order valence-corrected chi connectivity index (χ3v) is 3.45. The number of benzene rings is 1. The molecule has 1 fully saturated rings. The molecular formula is C14H20N2O3. The Balaban J connectivity index is 1.46. The molecule has 3 rings (SSSR count). The van der Waals surface area contributed by atoms with E-state index in [0.717, 1.165) is 50.0 Å². The lowest BCUT2D eigenvalue weighted by Crippen LogP contribution is -2.31. The maximum atomic E-state index is 5.78. The zero-order valence-electron chi connectivity index (χ0n) is 11.1. The van der Waals surface area contributed by atoms with E-state index < -0.39 is 0 Å². The molecule has 0 saturated carbocycles. The van der Waals surface area contributed by atoms with E-state index in [2.05, 4.69) is 10.2 Å². The first kappa shape index (κ1) is 12.6. The fourth-order valence-electron chi connectivity index (χ4n) is 2.38. The SMILES string of the molecule is c1cc2c(cc1OCCN1CCCNCC1)OCO2. The quantitative estimate of drug-likeness (QED) is 0.882. The van der Waals surface area contributed by atoms with Crippen LogP contribution in [0.1, 0.15) is 6.42 Å². The minimum Gasteiger partial charge on any atom is -0.492 e. The summed E-state index contributed by atoms with van der Waals surface area (Å²) in [5, 5.41) is 3.40. The minimum atomic E-state index is 0.305. The highest BCUT2D eigenvalue weighted by atomic mass is 16.7. The zero-order valence-corrected chi connectivity index (χ0v) is 11.1. The van der Waals surface area contributed by atoms with Gasteiger partial charge in [0.15, 0.2) is 11.5 Å². The van der Waals surface area contributed by atoms with Gasteiger partial charge in [-0.25, -0.2) is 0 Å². The van der Waals surface area contributed by atoms with Crippen LogP contribution in [0.5, 0.6) is 17.2 Å². The summed E-state index contributed by atoms with van der Waals surface area (Å²) in [6, 6.07) is 5.72. The van der Waals surface area contributed by atoms with Crippen molar-refractivity contribution in [2.24, 2.45) is 0 Å². The summed E-state index contributed by atoms with van der Waals surface area (Å²) in [7, 11) is 0. The van der Waals surface area contributed by atoms with Gasteiger partial charge in [-0.15, -0.1) is 0 Å². The predicted octanol–water partition coefficient (Wildman–Crippen LogP) is 1.09. The third kappa shape index (κ3) is 3.30. The summed E-state index contributed by atoms with van der Waals surface area (Å²) >= 11 is 0. The number of hydrogen-bond acceptors (Lipinski definition) is 5. The molecular weight excluding hydrogens is 244 g/mol. The van der Waals surface area contributed by atoms with Crippen molar-refractivity contribution in [2.75, 3.05) is 46.1 Å². The van der Waals surface area contributed by atoms with Gasteiger partial charge >= 0.3 is 0 Å². The number of ether oxygens (including phenoxy) is 3. The van der Waals surface area contributed by atoms with Gasteiger partial charge in [0.2, 0.25) is 6.79 Å². The van der Waals surface area contributed by atoms with Gasteiger partial charge in [0.05, 0.1) is 0 Å². The summed E-state index contributed by atoms with van der Waals surface area (Å²) in [4.78, 5) is 2.44. The molecule has 0 atom stereocenters. The molecule has 1 aromatic rings. The molecule has 5 heteroatoms. The highest BCUT2D eigenvalue weighted by Crippen LogP contribution is 2.34. The Labute approximate surface area is 113 Å². The molecule has 0 bridgehead atoms. The van der Waals surface area contributed by atoms with Crippen LogP contribution >= 0.6 is 0 Å². The molecule has 0 radical (unpaired) electrons. The van der Waals surface area contributed by atoms with Crippen LogP contribution in [0.4, 0.5) is 0 Å². The standard InChI is InChI=1S/C14H20N2O3/c1-4-15-5-7-16(6-1)8-9-17-12-2-3-13-14(10-12)19-11-18-13/h2-3,10,15H,1,4-9,11H2. The van der Waals surface area contributed by atoms with Crippen LogP contribution in [-0.2, 0) is 0 Å². The molecule has 1 saturated heterocycles. The van der Waals surface area contributed by atoms with Gasteiger partial charge in [-0.1, -0.05) is 0 Å². The van der Waals surface area contributed by atoms with Crippen molar-refractivity contribution >= 4 is 0 Å². The second-order valence-electron chi connectivity index (χ2n) is 4.81. The van der Waals surface area contributed by atoms with Crippen molar-refractivity contribution < 1.29 is 14.2 Å². The van der Waals surface area contributed by atoms with E-state index in [1.54, 1.807) is 0 Å². The van der Waals surface area contributed by atoms with Crippen molar-refractivity contribution in [2.45, 2.75) is 6.42 Å². The lowest BCUT2D eigenvalue weighted by atomic mass is 10.3. The molecule has 2 aliphatic heterocycles. The molecule has 19 heavy (non-hydrogen) atoms. The summed E-state index contributed by atoms with van der Waals surface area (Å²) in [5.74, 6) is 2.42. The van der Waals surface area contributed by atoms with Crippen LogP contribution in [0, 0.1) is 0 Å². The zero-order chi connectivity index (χ0) is 12.9. The number of rotatable bonds is 4. The average Bonchev–Trinajstić information content (AvgIpc) is 2.74. The van der Waals surface area contributed by atoms with Gasteiger partial charge in [0.25, 0.3) is 0 Å². The van der Waals surface area contributed by atoms with Gasteiger partial charge in [-0.3, -0.25) is 4.90 Å². The summed E-state index contributed by atoms with van der Waals surface area (Å²) in [5.41, 5.74) is 0. The second kappa shape index (κ2) is 6.12. The fraction of sp³-hybridized carbons (Fsp3) is 0.571. The van der Waals surface area contributed by atoms with E-state index in [0.29, 0.717) is 13.4 Å². The highest BCUT2D eigenvalue weighted by Gasteiger charge is 2.14. The third-order valence-electron chi connectivity index (χ3n) is 3.45. The van der Waals surface area contributed by atoms with E-state index >= 15 is 0 Å². The van der Waals surface area contributed by atoms with Gasteiger partial charge < -0.3 is 19.5 Å². The smallest absolute Gasteiger partial charge is 0.231 e. The molecule has 0 unspecified atom stereocenters. The molecule has 104 valence electrons. The predicted molar refractivity (Wildman–Crippen MR) is 72.0 cm³/mol. The van der Waals surface area contributed by atoms with Gasteiger partial charge in [-0.2, -0.15) is 0 Å². The fourth-order valence-corrected chi connectivity index (χ4v) is 2.38. The second-order valence-corrected chi connectivity index (χ2v) is 4.81. The van der Waals surface area contributed by atoms with Crippen LogP contribution < -0.4 is 19.5 Å². The average molecular weight is 264 g/mol. The normalized spacial score (nSPS) is 19.2. The van der Waals surface area contributed by atoms with Crippen LogP contribution in [-0.4, -0.2) is 51.0 Å². The number of nitrogens with one attached hydrogen (secondary N) is 1. The molecule has 0 spiro atoms. The lowest BCUT2D eigenvalue weighted by Gasteiger charge is -2.19. The molecule has 2 aliphatic rings. The Morgan fingerprint density at radius 3 is 3.11 bits per heavy atom.